The largest absolute Gasteiger partial charge is 0.352 e. The minimum atomic E-state index is 0.502. The first-order valence-corrected chi connectivity index (χ1v) is 8.92. The van der Waals surface area contributed by atoms with E-state index in [4.69, 9.17) is 0 Å². The number of anilines is 2. The Balaban J connectivity index is 1.55. The molecule has 2 unspecified atom stereocenters. The lowest BCUT2D eigenvalue weighted by atomic mass is 9.92. The van der Waals surface area contributed by atoms with E-state index in [2.05, 4.69) is 52.8 Å². The van der Waals surface area contributed by atoms with Crippen LogP contribution in [0.1, 0.15) is 18.4 Å². The summed E-state index contributed by atoms with van der Waals surface area (Å²) in [5.41, 5.74) is 1.10. The normalized spacial score (nSPS) is 23.9. The topological polar surface area (TPSA) is 45.2 Å². The molecule has 2 aromatic rings. The third-order valence-corrected chi connectivity index (χ3v) is 5.39. The van der Waals surface area contributed by atoms with Crippen LogP contribution in [0.5, 0.6) is 0 Å². The molecule has 0 saturated carbocycles. The van der Waals surface area contributed by atoms with Gasteiger partial charge in [-0.05, 0) is 59.3 Å². The molecule has 4 heterocycles. The molecule has 0 aliphatic carbocycles. The third-order valence-electron chi connectivity index (χ3n) is 4.92. The quantitative estimate of drug-likeness (QED) is 0.809. The van der Waals surface area contributed by atoms with E-state index in [0.29, 0.717) is 6.04 Å². The fourth-order valence-electron chi connectivity index (χ4n) is 3.69. The number of fused-ring (bicyclic) bond motifs is 1. The Morgan fingerprint density at radius 3 is 2.57 bits per heavy atom. The Morgan fingerprint density at radius 1 is 1.04 bits per heavy atom. The minimum Gasteiger partial charge on any atom is -0.352 e. The summed E-state index contributed by atoms with van der Waals surface area (Å²) in [5, 5.41) is 0. The van der Waals surface area contributed by atoms with E-state index in [0.717, 1.165) is 47.4 Å². The van der Waals surface area contributed by atoms with Gasteiger partial charge in [0.15, 0.2) is 0 Å². The van der Waals surface area contributed by atoms with Gasteiger partial charge < -0.3 is 9.80 Å². The number of piperidine rings is 1. The molecule has 2 aliphatic rings. The second-order valence-corrected chi connectivity index (χ2v) is 7.35. The fourth-order valence-corrected chi connectivity index (χ4v) is 3.93. The van der Waals surface area contributed by atoms with Crippen molar-refractivity contribution in [3.63, 3.8) is 0 Å². The molecule has 0 bridgehead atoms. The smallest absolute Gasteiger partial charge is 0.225 e. The van der Waals surface area contributed by atoms with Crippen molar-refractivity contribution in [1.82, 2.24) is 15.0 Å². The lowest BCUT2D eigenvalue weighted by Crippen LogP contribution is -2.49. The first-order chi connectivity index (χ1) is 11.2. The van der Waals surface area contributed by atoms with Crippen LogP contribution < -0.4 is 9.80 Å². The summed E-state index contributed by atoms with van der Waals surface area (Å²) in [6.45, 7) is 5.14. The fraction of sp³-hybridized carbons (Fsp3) is 0.471. The maximum Gasteiger partial charge on any atom is 0.225 e. The number of nitrogens with zero attached hydrogens (tertiary/aromatic N) is 5. The molecular weight excluding hydrogens is 354 g/mol. The van der Waals surface area contributed by atoms with Crippen molar-refractivity contribution in [2.75, 3.05) is 29.4 Å². The van der Waals surface area contributed by atoms with Crippen molar-refractivity contribution in [2.45, 2.75) is 25.8 Å². The van der Waals surface area contributed by atoms with Gasteiger partial charge in [0, 0.05) is 42.7 Å². The monoisotopic (exact) mass is 373 g/mol. The average molecular weight is 374 g/mol. The van der Waals surface area contributed by atoms with E-state index < -0.39 is 0 Å². The second-order valence-electron chi connectivity index (χ2n) is 6.44. The molecule has 0 amide bonds. The lowest BCUT2D eigenvalue weighted by molar-refractivity contribution is 0.387. The van der Waals surface area contributed by atoms with Crippen LogP contribution in [0.3, 0.4) is 0 Å². The highest BCUT2D eigenvalue weighted by Gasteiger charge is 2.39. The Hall–Kier alpha value is -1.69. The molecule has 6 heteroatoms. The molecule has 2 saturated heterocycles. The first kappa shape index (κ1) is 14.9. The van der Waals surface area contributed by atoms with Gasteiger partial charge in [0.25, 0.3) is 0 Å². The van der Waals surface area contributed by atoms with Gasteiger partial charge in [0.2, 0.25) is 5.95 Å². The van der Waals surface area contributed by atoms with Gasteiger partial charge in [0.1, 0.15) is 5.82 Å². The molecule has 0 radical (unpaired) electrons. The van der Waals surface area contributed by atoms with Crippen LogP contribution in [0.25, 0.3) is 0 Å². The summed E-state index contributed by atoms with van der Waals surface area (Å²) in [6.07, 6.45) is 8.14. The standard InChI is InChI=1S/C17H20BrN5/c1-12-8-20-17(21-9-12)22-6-4-13-5-7-23(15(13)11-22)16-3-2-14(18)10-19-16/h2-3,8-10,13,15H,4-7,11H2,1H3. The minimum absolute atomic E-state index is 0.502. The number of aromatic nitrogens is 3. The van der Waals surface area contributed by atoms with Crippen LogP contribution in [0.15, 0.2) is 35.2 Å². The highest BCUT2D eigenvalue weighted by molar-refractivity contribution is 9.10. The predicted octanol–water partition coefficient (Wildman–Crippen LogP) is 3.05. The third kappa shape index (κ3) is 2.92. The number of hydrogen-bond donors (Lipinski definition) is 0. The van der Waals surface area contributed by atoms with Gasteiger partial charge in [0.05, 0.1) is 6.04 Å². The lowest BCUT2D eigenvalue weighted by Gasteiger charge is -2.38. The molecular formula is C17H20BrN5. The van der Waals surface area contributed by atoms with Gasteiger partial charge in [-0.1, -0.05) is 0 Å². The van der Waals surface area contributed by atoms with Gasteiger partial charge >= 0.3 is 0 Å². The maximum absolute atomic E-state index is 4.59. The summed E-state index contributed by atoms with van der Waals surface area (Å²) in [4.78, 5) is 18.4. The number of pyridine rings is 1. The summed E-state index contributed by atoms with van der Waals surface area (Å²) in [5.74, 6) is 2.68. The van der Waals surface area contributed by atoms with E-state index in [1.807, 2.05) is 25.5 Å². The van der Waals surface area contributed by atoms with E-state index in [-0.39, 0.29) is 0 Å². The molecule has 2 atom stereocenters. The molecule has 2 aromatic heterocycles. The molecule has 2 fully saturated rings. The van der Waals surface area contributed by atoms with E-state index in [9.17, 15) is 0 Å². The molecule has 5 nitrogen and oxygen atoms in total. The molecule has 2 aliphatic heterocycles. The van der Waals surface area contributed by atoms with Crippen LogP contribution in [-0.2, 0) is 0 Å². The highest BCUT2D eigenvalue weighted by Crippen LogP contribution is 2.35. The molecule has 4 rings (SSSR count). The van der Waals surface area contributed by atoms with E-state index >= 15 is 0 Å². The van der Waals surface area contributed by atoms with E-state index in [1.165, 1.54) is 12.8 Å². The van der Waals surface area contributed by atoms with Crippen LogP contribution in [0.4, 0.5) is 11.8 Å². The van der Waals surface area contributed by atoms with Crippen molar-refractivity contribution in [2.24, 2.45) is 5.92 Å². The van der Waals surface area contributed by atoms with Gasteiger partial charge in [-0.3, -0.25) is 0 Å². The Kier molecular flexibility index (Phi) is 3.93. The molecule has 0 aromatic carbocycles. The van der Waals surface area contributed by atoms with Crippen molar-refractivity contribution in [3.05, 3.63) is 40.8 Å². The van der Waals surface area contributed by atoms with Crippen LogP contribution in [-0.4, -0.2) is 40.6 Å². The Morgan fingerprint density at radius 2 is 1.83 bits per heavy atom. The van der Waals surface area contributed by atoms with Crippen molar-refractivity contribution in [1.29, 1.82) is 0 Å². The van der Waals surface area contributed by atoms with Crippen LogP contribution >= 0.6 is 15.9 Å². The van der Waals surface area contributed by atoms with Crippen molar-refractivity contribution >= 4 is 27.7 Å². The molecule has 0 N–H and O–H groups in total. The number of aryl methyl sites for hydroxylation is 1. The number of hydrogen-bond acceptors (Lipinski definition) is 5. The zero-order chi connectivity index (χ0) is 15.8. The highest BCUT2D eigenvalue weighted by atomic mass is 79.9. The first-order valence-electron chi connectivity index (χ1n) is 8.12. The van der Waals surface area contributed by atoms with Gasteiger partial charge in [-0.25, -0.2) is 15.0 Å². The Bertz CT molecular complexity index is 672. The van der Waals surface area contributed by atoms with Crippen LogP contribution in [0, 0.1) is 12.8 Å². The Labute approximate surface area is 144 Å². The average Bonchev–Trinajstić information content (AvgIpc) is 2.99. The summed E-state index contributed by atoms with van der Waals surface area (Å²) >= 11 is 3.46. The second kappa shape index (κ2) is 6.07. The zero-order valence-corrected chi connectivity index (χ0v) is 14.8. The molecule has 0 spiro atoms. The maximum atomic E-state index is 4.59. The van der Waals surface area contributed by atoms with Gasteiger partial charge in [-0.15, -0.1) is 0 Å². The predicted molar refractivity (Wildman–Crippen MR) is 94.8 cm³/mol. The van der Waals surface area contributed by atoms with Crippen molar-refractivity contribution in [3.8, 4) is 0 Å². The summed E-state index contributed by atoms with van der Waals surface area (Å²) in [7, 11) is 0. The van der Waals surface area contributed by atoms with Crippen LogP contribution in [0.2, 0.25) is 0 Å². The summed E-state index contributed by atoms with van der Waals surface area (Å²) < 4.78 is 1.02. The van der Waals surface area contributed by atoms with Crippen molar-refractivity contribution < 1.29 is 0 Å². The number of rotatable bonds is 2. The van der Waals surface area contributed by atoms with E-state index in [1.54, 1.807) is 0 Å². The number of halogens is 1. The molecule has 120 valence electrons. The molecule has 23 heavy (non-hydrogen) atoms. The SMILES string of the molecule is Cc1cnc(N2CCC3CCN(c4ccc(Br)cn4)C3C2)nc1. The van der Waals surface area contributed by atoms with Gasteiger partial charge in [-0.2, -0.15) is 0 Å². The zero-order valence-electron chi connectivity index (χ0n) is 13.2. The summed E-state index contributed by atoms with van der Waals surface area (Å²) in [6, 6.07) is 4.68.